The van der Waals surface area contributed by atoms with Crippen LogP contribution in [0.4, 0.5) is 0 Å². The molecule has 4 aromatic rings. The van der Waals surface area contributed by atoms with E-state index in [1.807, 2.05) is 66.7 Å². The van der Waals surface area contributed by atoms with E-state index in [1.165, 1.54) is 16.7 Å². The zero-order chi connectivity index (χ0) is 19.7. The monoisotopic (exact) mass is 394 g/mol. The summed E-state index contributed by atoms with van der Waals surface area (Å²) in [4.78, 5) is 0. The third-order valence-corrected chi connectivity index (χ3v) is 9.65. The molecule has 4 aromatic carbocycles. The van der Waals surface area contributed by atoms with E-state index >= 15 is 4.57 Å². The van der Waals surface area contributed by atoms with Crippen LogP contribution in [0.1, 0.15) is 22.6 Å². The SMILES string of the molecule is O=P(c1ccccc1)(c1ccccc1)C1Cc2ccccc2C1c1ccccc1. The summed E-state index contributed by atoms with van der Waals surface area (Å²) in [5, 5.41) is 1.90. The van der Waals surface area contributed by atoms with Gasteiger partial charge < -0.3 is 4.57 Å². The standard InChI is InChI=1S/C27H23OP/c28-29(23-15-6-2-7-16-23,24-17-8-3-9-18-24)26-20-22-14-10-11-19-25(22)27(26)21-12-4-1-5-13-21/h1-19,26-27H,20H2. The molecule has 0 aliphatic heterocycles. The van der Waals surface area contributed by atoms with Gasteiger partial charge in [0.15, 0.2) is 0 Å². The first-order chi connectivity index (χ1) is 14.3. The number of hydrogen-bond acceptors (Lipinski definition) is 1. The molecule has 1 aliphatic carbocycles. The second-order valence-electron chi connectivity index (χ2n) is 7.69. The maximum atomic E-state index is 15.1. The van der Waals surface area contributed by atoms with Crippen LogP contribution in [0, 0.1) is 0 Å². The van der Waals surface area contributed by atoms with E-state index in [2.05, 4.69) is 48.5 Å². The Hall–Kier alpha value is -2.89. The van der Waals surface area contributed by atoms with Gasteiger partial charge >= 0.3 is 0 Å². The zero-order valence-electron chi connectivity index (χ0n) is 16.2. The highest BCUT2D eigenvalue weighted by Gasteiger charge is 2.46. The van der Waals surface area contributed by atoms with Crippen LogP contribution in [-0.4, -0.2) is 5.66 Å². The van der Waals surface area contributed by atoms with Crippen molar-refractivity contribution in [2.75, 3.05) is 0 Å². The van der Waals surface area contributed by atoms with Crippen LogP contribution in [0.25, 0.3) is 0 Å². The lowest BCUT2D eigenvalue weighted by Gasteiger charge is -2.31. The minimum Gasteiger partial charge on any atom is -0.313 e. The van der Waals surface area contributed by atoms with Crippen molar-refractivity contribution in [2.24, 2.45) is 0 Å². The van der Waals surface area contributed by atoms with Gasteiger partial charge in [-0.05, 0) is 23.1 Å². The fraction of sp³-hybridized carbons (Fsp3) is 0.111. The van der Waals surface area contributed by atoms with Gasteiger partial charge in [0.05, 0.1) is 0 Å². The first-order valence-electron chi connectivity index (χ1n) is 10.1. The highest BCUT2D eigenvalue weighted by atomic mass is 31.2. The third-order valence-electron chi connectivity index (χ3n) is 6.11. The summed E-state index contributed by atoms with van der Waals surface area (Å²) in [6.07, 6.45) is 0.830. The molecule has 0 N–H and O–H groups in total. The van der Waals surface area contributed by atoms with Crippen LogP contribution in [0.3, 0.4) is 0 Å². The number of rotatable bonds is 4. The molecule has 1 aliphatic rings. The molecule has 0 bridgehead atoms. The van der Waals surface area contributed by atoms with Crippen molar-refractivity contribution in [2.45, 2.75) is 18.0 Å². The topological polar surface area (TPSA) is 17.1 Å². The molecule has 1 nitrogen and oxygen atoms in total. The molecule has 5 rings (SSSR count). The fourth-order valence-corrected chi connectivity index (χ4v) is 8.31. The van der Waals surface area contributed by atoms with Crippen molar-refractivity contribution >= 4 is 17.8 Å². The third kappa shape index (κ3) is 3.07. The first-order valence-corrected chi connectivity index (χ1v) is 11.9. The maximum Gasteiger partial charge on any atom is 0.147 e. The van der Waals surface area contributed by atoms with Crippen molar-refractivity contribution in [3.63, 3.8) is 0 Å². The van der Waals surface area contributed by atoms with Gasteiger partial charge in [-0.2, -0.15) is 0 Å². The van der Waals surface area contributed by atoms with Gasteiger partial charge in [-0.15, -0.1) is 0 Å². The quantitative estimate of drug-likeness (QED) is 0.402. The van der Waals surface area contributed by atoms with Crippen LogP contribution in [0.2, 0.25) is 0 Å². The van der Waals surface area contributed by atoms with Crippen LogP contribution >= 0.6 is 7.14 Å². The highest BCUT2D eigenvalue weighted by molar-refractivity contribution is 7.79. The number of hydrogen-bond donors (Lipinski definition) is 0. The Morgan fingerprint density at radius 3 is 1.66 bits per heavy atom. The highest BCUT2D eigenvalue weighted by Crippen LogP contribution is 2.59. The lowest BCUT2D eigenvalue weighted by Crippen LogP contribution is -2.29. The lowest BCUT2D eigenvalue weighted by atomic mass is 9.93. The average molecular weight is 394 g/mol. The van der Waals surface area contributed by atoms with E-state index in [1.54, 1.807) is 0 Å². The molecule has 2 atom stereocenters. The van der Waals surface area contributed by atoms with Gasteiger partial charge in [-0.3, -0.25) is 0 Å². The molecule has 0 heterocycles. The molecule has 0 saturated heterocycles. The average Bonchev–Trinajstić information content (AvgIpc) is 3.20. The first kappa shape index (κ1) is 18.2. The van der Waals surface area contributed by atoms with E-state index in [9.17, 15) is 0 Å². The Balaban J connectivity index is 1.75. The van der Waals surface area contributed by atoms with Crippen molar-refractivity contribution in [3.8, 4) is 0 Å². The molecule has 2 unspecified atom stereocenters. The molecule has 0 amide bonds. The Kier molecular flexibility index (Phi) is 4.70. The Bertz CT molecular complexity index is 1110. The molecule has 29 heavy (non-hydrogen) atoms. The van der Waals surface area contributed by atoms with Crippen LogP contribution in [-0.2, 0) is 11.0 Å². The molecule has 0 spiro atoms. The minimum absolute atomic E-state index is 0.00657. The van der Waals surface area contributed by atoms with Crippen molar-refractivity contribution in [1.82, 2.24) is 0 Å². The van der Waals surface area contributed by atoms with Gasteiger partial charge in [-0.25, -0.2) is 0 Å². The van der Waals surface area contributed by atoms with Crippen LogP contribution in [0.5, 0.6) is 0 Å². The molecule has 142 valence electrons. The Labute approximate surface area is 172 Å². The molecular formula is C27H23OP. The van der Waals surface area contributed by atoms with Gasteiger partial charge in [0.25, 0.3) is 0 Å². The summed E-state index contributed by atoms with van der Waals surface area (Å²) < 4.78 is 15.1. The molecule has 0 saturated carbocycles. The van der Waals surface area contributed by atoms with E-state index in [0.29, 0.717) is 0 Å². The molecule has 0 aromatic heterocycles. The van der Waals surface area contributed by atoms with Crippen molar-refractivity contribution < 1.29 is 4.57 Å². The van der Waals surface area contributed by atoms with Gasteiger partial charge in [0, 0.05) is 22.2 Å². The maximum absolute atomic E-state index is 15.1. The van der Waals surface area contributed by atoms with E-state index in [0.717, 1.165) is 17.0 Å². The summed E-state index contributed by atoms with van der Waals surface area (Å²) >= 11 is 0. The minimum atomic E-state index is -2.88. The van der Waals surface area contributed by atoms with Crippen LogP contribution in [0.15, 0.2) is 115 Å². The molecule has 2 heteroatoms. The van der Waals surface area contributed by atoms with Crippen LogP contribution < -0.4 is 10.6 Å². The largest absolute Gasteiger partial charge is 0.313 e. The fourth-order valence-electron chi connectivity index (χ4n) is 4.81. The van der Waals surface area contributed by atoms with E-state index in [-0.39, 0.29) is 11.6 Å². The zero-order valence-corrected chi connectivity index (χ0v) is 17.1. The van der Waals surface area contributed by atoms with Gasteiger partial charge in [-0.1, -0.05) is 115 Å². The predicted molar refractivity (Wildman–Crippen MR) is 122 cm³/mol. The van der Waals surface area contributed by atoms with Gasteiger partial charge in [0.2, 0.25) is 0 Å². The summed E-state index contributed by atoms with van der Waals surface area (Å²) in [5.41, 5.74) is 3.89. The van der Waals surface area contributed by atoms with Gasteiger partial charge in [0.1, 0.15) is 7.14 Å². The molecular weight excluding hydrogens is 371 g/mol. The molecule has 0 fully saturated rings. The number of fused-ring (bicyclic) bond motifs is 1. The predicted octanol–water partition coefficient (Wildman–Crippen LogP) is 5.76. The van der Waals surface area contributed by atoms with E-state index < -0.39 is 7.14 Å². The normalized spacial score (nSPS) is 18.3. The summed E-state index contributed by atoms with van der Waals surface area (Å²) in [6.45, 7) is 0. The van der Waals surface area contributed by atoms with Crippen molar-refractivity contribution in [1.29, 1.82) is 0 Å². The molecule has 0 radical (unpaired) electrons. The number of benzene rings is 4. The lowest BCUT2D eigenvalue weighted by molar-refractivity contribution is 0.573. The summed E-state index contributed by atoms with van der Waals surface area (Å²) in [5.74, 6) is 0.124. The van der Waals surface area contributed by atoms with Crippen molar-refractivity contribution in [3.05, 3.63) is 132 Å². The smallest absolute Gasteiger partial charge is 0.147 e. The second kappa shape index (κ2) is 7.50. The Morgan fingerprint density at radius 1 is 0.586 bits per heavy atom. The van der Waals surface area contributed by atoms with E-state index in [4.69, 9.17) is 0 Å². The second-order valence-corrected chi connectivity index (χ2v) is 10.7. The summed E-state index contributed by atoms with van der Waals surface area (Å²) in [6, 6.07) is 39.4. The summed E-state index contributed by atoms with van der Waals surface area (Å²) in [7, 11) is -2.88. The Morgan fingerprint density at radius 2 is 1.07 bits per heavy atom.